The van der Waals surface area contributed by atoms with E-state index in [4.69, 9.17) is 0 Å². The molecule has 4 rings (SSSR count). The molecule has 1 aromatic carbocycles. The second-order valence-corrected chi connectivity index (χ2v) is 8.15. The highest BCUT2D eigenvalue weighted by Gasteiger charge is 2.47. The van der Waals surface area contributed by atoms with Crippen LogP contribution in [0.5, 0.6) is 0 Å². The van der Waals surface area contributed by atoms with Crippen LogP contribution < -0.4 is 0 Å². The summed E-state index contributed by atoms with van der Waals surface area (Å²) in [6.07, 6.45) is 10.2. The molecule has 0 unspecified atom stereocenters. The van der Waals surface area contributed by atoms with E-state index in [2.05, 4.69) is 50.3 Å². The fourth-order valence-corrected chi connectivity index (χ4v) is 4.71. The number of benzene rings is 1. The van der Waals surface area contributed by atoms with E-state index in [-0.39, 0.29) is 5.41 Å². The number of piperidine rings is 1. The maximum absolute atomic E-state index is 13.3. The van der Waals surface area contributed by atoms with Crippen molar-refractivity contribution in [3.05, 3.63) is 53.9 Å². The van der Waals surface area contributed by atoms with E-state index in [0.717, 1.165) is 71.2 Å². The van der Waals surface area contributed by atoms with Crippen LogP contribution in [0.2, 0.25) is 0 Å². The highest BCUT2D eigenvalue weighted by atomic mass is 16.2. The lowest BCUT2D eigenvalue weighted by molar-refractivity contribution is -0.145. The van der Waals surface area contributed by atoms with Crippen molar-refractivity contribution in [1.82, 2.24) is 20.0 Å². The normalized spacial score (nSPS) is 23.4. The first-order chi connectivity index (χ1) is 13.3. The number of aromatic nitrogens is 2. The molecule has 1 N–H and O–H groups in total. The number of aryl methyl sites for hydroxylation is 1. The number of rotatable bonds is 7. The molecule has 2 saturated heterocycles. The number of hydrogen-bond acceptors (Lipinski definition) is 3. The number of hydrogen-bond donors (Lipinski definition) is 1. The third-order valence-corrected chi connectivity index (χ3v) is 6.26. The van der Waals surface area contributed by atoms with Crippen LogP contribution >= 0.6 is 0 Å². The molecule has 27 heavy (non-hydrogen) atoms. The van der Waals surface area contributed by atoms with Gasteiger partial charge >= 0.3 is 0 Å². The molecule has 5 heteroatoms. The number of carbonyl (C=O) groups is 1. The first-order valence-electron chi connectivity index (χ1n) is 10.3. The number of nitrogens with one attached hydrogen (secondary N) is 1. The number of H-pyrrole nitrogens is 1. The van der Waals surface area contributed by atoms with Gasteiger partial charge in [-0.25, -0.2) is 0 Å². The molecular formula is C22H30N4O. The molecule has 2 aliphatic heterocycles. The van der Waals surface area contributed by atoms with Gasteiger partial charge in [-0.15, -0.1) is 0 Å². The summed E-state index contributed by atoms with van der Waals surface area (Å²) in [6, 6.07) is 10.6. The van der Waals surface area contributed by atoms with Crippen molar-refractivity contribution in [2.45, 2.75) is 38.5 Å². The number of amides is 1. The van der Waals surface area contributed by atoms with Gasteiger partial charge in [0.1, 0.15) is 0 Å². The maximum atomic E-state index is 13.3. The Morgan fingerprint density at radius 2 is 1.93 bits per heavy atom. The van der Waals surface area contributed by atoms with E-state index in [1.807, 2.05) is 12.4 Å². The molecule has 2 aromatic rings. The second-order valence-electron chi connectivity index (χ2n) is 8.15. The van der Waals surface area contributed by atoms with Crippen LogP contribution in [-0.2, 0) is 17.6 Å². The van der Waals surface area contributed by atoms with Crippen LogP contribution in [0.4, 0.5) is 0 Å². The van der Waals surface area contributed by atoms with Crippen LogP contribution in [0.3, 0.4) is 0 Å². The van der Waals surface area contributed by atoms with Crippen molar-refractivity contribution < 1.29 is 4.79 Å². The van der Waals surface area contributed by atoms with Crippen molar-refractivity contribution in [2.75, 3.05) is 32.7 Å². The van der Waals surface area contributed by atoms with Crippen LogP contribution in [0.1, 0.15) is 36.8 Å². The third-order valence-electron chi connectivity index (χ3n) is 6.26. The van der Waals surface area contributed by atoms with Crippen LogP contribution in [-0.4, -0.2) is 58.6 Å². The van der Waals surface area contributed by atoms with Gasteiger partial charge in [0, 0.05) is 32.4 Å². The smallest absolute Gasteiger partial charge is 0.230 e. The minimum atomic E-state index is -0.124. The van der Waals surface area contributed by atoms with E-state index in [0.29, 0.717) is 5.91 Å². The summed E-state index contributed by atoms with van der Waals surface area (Å²) in [6.45, 7) is 4.82. The molecule has 5 nitrogen and oxygen atoms in total. The molecule has 0 bridgehead atoms. The van der Waals surface area contributed by atoms with Gasteiger partial charge < -0.3 is 9.80 Å². The predicted molar refractivity (Wildman–Crippen MR) is 106 cm³/mol. The Hall–Kier alpha value is -2.14. The number of aromatic amines is 1. The molecule has 1 atom stereocenters. The van der Waals surface area contributed by atoms with E-state index in [1.165, 1.54) is 11.1 Å². The van der Waals surface area contributed by atoms with Gasteiger partial charge in [-0.05, 0) is 56.2 Å². The lowest BCUT2D eigenvalue weighted by atomic mass is 9.78. The Bertz CT molecular complexity index is 730. The summed E-state index contributed by atoms with van der Waals surface area (Å²) < 4.78 is 0. The van der Waals surface area contributed by atoms with E-state index >= 15 is 0 Å². The van der Waals surface area contributed by atoms with Gasteiger partial charge in [0.05, 0.1) is 11.6 Å². The molecule has 0 aliphatic carbocycles. The van der Waals surface area contributed by atoms with E-state index in [1.54, 1.807) is 0 Å². The molecule has 3 heterocycles. The van der Waals surface area contributed by atoms with Crippen LogP contribution in [0.25, 0.3) is 0 Å². The molecule has 1 amide bonds. The number of likely N-dealkylation sites (tertiary alicyclic amines) is 2. The Kier molecular flexibility index (Phi) is 5.58. The summed E-state index contributed by atoms with van der Waals surface area (Å²) in [7, 11) is 0. The topological polar surface area (TPSA) is 52.2 Å². The van der Waals surface area contributed by atoms with Crippen molar-refractivity contribution in [3.8, 4) is 0 Å². The maximum Gasteiger partial charge on any atom is 0.230 e. The molecule has 2 aliphatic rings. The van der Waals surface area contributed by atoms with Crippen molar-refractivity contribution in [3.63, 3.8) is 0 Å². The van der Waals surface area contributed by atoms with Gasteiger partial charge in [0.15, 0.2) is 0 Å². The lowest BCUT2D eigenvalue weighted by Crippen LogP contribution is -2.50. The van der Waals surface area contributed by atoms with Crippen LogP contribution in [0, 0.1) is 5.41 Å². The minimum absolute atomic E-state index is 0.124. The quantitative estimate of drug-likeness (QED) is 0.820. The van der Waals surface area contributed by atoms with E-state index in [9.17, 15) is 4.79 Å². The molecule has 1 aromatic heterocycles. The molecule has 1 spiro atoms. The molecule has 0 saturated carbocycles. The number of carbonyl (C=O) groups excluding carboxylic acids is 1. The summed E-state index contributed by atoms with van der Waals surface area (Å²) in [5.74, 6) is 0.410. The number of nitrogens with zero attached hydrogens (tertiary/aromatic N) is 3. The predicted octanol–water partition coefficient (Wildman–Crippen LogP) is 2.90. The minimum Gasteiger partial charge on any atom is -0.342 e. The first-order valence-corrected chi connectivity index (χ1v) is 10.3. The highest BCUT2D eigenvalue weighted by Crippen LogP contribution is 2.40. The van der Waals surface area contributed by atoms with Crippen molar-refractivity contribution in [1.29, 1.82) is 0 Å². The fourth-order valence-electron chi connectivity index (χ4n) is 4.71. The standard InChI is InChI=1S/C22H30N4O/c27-21-22(11-15-25(18-22)14-9-20-16-23-24-17-20)10-5-13-26(21)12-4-8-19-6-2-1-3-7-19/h1-3,6-7,16-17H,4-5,8-15,18H2,(H,23,24)/t22-/m1/s1. The molecule has 0 radical (unpaired) electrons. The fraction of sp³-hybridized carbons (Fsp3) is 0.545. The summed E-state index contributed by atoms with van der Waals surface area (Å²) in [5, 5.41) is 6.90. The monoisotopic (exact) mass is 366 g/mol. The average Bonchev–Trinajstić information content (AvgIpc) is 3.35. The van der Waals surface area contributed by atoms with Gasteiger partial charge in [0.25, 0.3) is 0 Å². The van der Waals surface area contributed by atoms with Gasteiger partial charge in [-0.2, -0.15) is 5.10 Å². The van der Waals surface area contributed by atoms with Gasteiger partial charge in [0.2, 0.25) is 5.91 Å². The first kappa shape index (κ1) is 18.2. The summed E-state index contributed by atoms with van der Waals surface area (Å²) >= 11 is 0. The third kappa shape index (κ3) is 4.24. The highest BCUT2D eigenvalue weighted by molar-refractivity contribution is 5.84. The zero-order chi connectivity index (χ0) is 18.5. The summed E-state index contributed by atoms with van der Waals surface area (Å²) in [4.78, 5) is 17.9. The van der Waals surface area contributed by atoms with Gasteiger partial charge in [-0.1, -0.05) is 30.3 Å². The van der Waals surface area contributed by atoms with Gasteiger partial charge in [-0.3, -0.25) is 9.89 Å². The lowest BCUT2D eigenvalue weighted by Gasteiger charge is -2.39. The Morgan fingerprint density at radius 1 is 1.04 bits per heavy atom. The zero-order valence-electron chi connectivity index (χ0n) is 16.1. The largest absolute Gasteiger partial charge is 0.342 e. The Balaban J connectivity index is 1.29. The molecule has 144 valence electrons. The molecular weight excluding hydrogens is 336 g/mol. The summed E-state index contributed by atoms with van der Waals surface area (Å²) in [5.41, 5.74) is 2.48. The molecule has 2 fully saturated rings. The van der Waals surface area contributed by atoms with E-state index < -0.39 is 0 Å². The second kappa shape index (κ2) is 8.26. The zero-order valence-corrected chi connectivity index (χ0v) is 16.1. The SMILES string of the molecule is O=C1N(CCCc2ccccc2)CCC[C@]12CCN(CCc1cn[nH]c1)C2. The average molecular weight is 367 g/mol. The van der Waals surface area contributed by atoms with Crippen LogP contribution in [0.15, 0.2) is 42.7 Å². The Labute approximate surface area is 161 Å². The Morgan fingerprint density at radius 3 is 2.74 bits per heavy atom. The van der Waals surface area contributed by atoms with Crippen molar-refractivity contribution in [2.24, 2.45) is 5.41 Å². The van der Waals surface area contributed by atoms with Crippen molar-refractivity contribution >= 4 is 5.91 Å².